The van der Waals surface area contributed by atoms with E-state index >= 15 is 0 Å². The molecule has 0 aliphatic rings. The minimum atomic E-state index is 0.867. The first-order valence-corrected chi connectivity index (χ1v) is 8.74. The van der Waals surface area contributed by atoms with E-state index in [2.05, 4.69) is 47.3 Å². The van der Waals surface area contributed by atoms with Crippen LogP contribution in [0.1, 0.15) is 86.0 Å². The topological polar surface area (TPSA) is 0 Å². The molecule has 0 radical (unpaired) electrons. The molecule has 0 heteroatoms. The Morgan fingerprint density at radius 1 is 0.850 bits per heavy atom. The van der Waals surface area contributed by atoms with Crippen molar-refractivity contribution in [3.8, 4) is 0 Å². The van der Waals surface area contributed by atoms with Crippen molar-refractivity contribution in [2.45, 2.75) is 86.0 Å². The lowest BCUT2D eigenvalue weighted by molar-refractivity contribution is 0.393. The Hall–Kier alpha value is -0.520. The molecule has 0 aromatic heterocycles. The molecule has 0 amide bonds. The van der Waals surface area contributed by atoms with Crippen molar-refractivity contribution in [3.63, 3.8) is 0 Å². The number of hydrogen-bond acceptors (Lipinski definition) is 0. The summed E-state index contributed by atoms with van der Waals surface area (Å²) in [4.78, 5) is 0. The Morgan fingerprint density at radius 2 is 1.35 bits per heavy atom. The summed E-state index contributed by atoms with van der Waals surface area (Å²) in [7, 11) is 0. The second kappa shape index (κ2) is 12.2. The number of allylic oxidation sites excluding steroid dienone is 3. The zero-order valence-electron chi connectivity index (χ0n) is 14.8. The van der Waals surface area contributed by atoms with Gasteiger partial charge >= 0.3 is 0 Å². The van der Waals surface area contributed by atoms with E-state index < -0.39 is 0 Å². The van der Waals surface area contributed by atoms with Crippen LogP contribution in [-0.4, -0.2) is 0 Å². The van der Waals surface area contributed by atoms with Gasteiger partial charge in [-0.15, -0.1) is 0 Å². The summed E-state index contributed by atoms with van der Waals surface area (Å²) in [6.07, 6.45) is 15.3. The van der Waals surface area contributed by atoms with Crippen LogP contribution >= 0.6 is 0 Å². The highest BCUT2D eigenvalue weighted by molar-refractivity contribution is 5.12. The molecule has 0 aliphatic carbocycles. The molecular formula is C20H38. The largest absolute Gasteiger partial charge is 0.0988 e. The minimum Gasteiger partial charge on any atom is -0.0988 e. The lowest BCUT2D eigenvalue weighted by Gasteiger charge is -2.14. The van der Waals surface area contributed by atoms with Crippen LogP contribution in [0.25, 0.3) is 0 Å². The summed E-state index contributed by atoms with van der Waals surface area (Å²) in [5, 5.41) is 0. The maximum absolute atomic E-state index is 3.79. The summed E-state index contributed by atoms with van der Waals surface area (Å²) in [5.41, 5.74) is 1.32. The normalized spacial score (nSPS) is 15.4. The van der Waals surface area contributed by atoms with Gasteiger partial charge in [-0.25, -0.2) is 0 Å². The average molecular weight is 279 g/mol. The molecule has 118 valence electrons. The molecule has 0 spiro atoms. The number of rotatable bonds is 12. The zero-order valence-corrected chi connectivity index (χ0v) is 14.8. The van der Waals surface area contributed by atoms with Crippen LogP contribution in [0.15, 0.2) is 24.3 Å². The van der Waals surface area contributed by atoms with E-state index in [0.29, 0.717) is 0 Å². The molecule has 0 heterocycles. The lowest BCUT2D eigenvalue weighted by atomic mass is 9.92. The van der Waals surface area contributed by atoms with Gasteiger partial charge in [0.1, 0.15) is 0 Å². The lowest BCUT2D eigenvalue weighted by Crippen LogP contribution is -2.00. The molecule has 0 bridgehead atoms. The van der Waals surface area contributed by atoms with Gasteiger partial charge in [-0.3, -0.25) is 0 Å². The fourth-order valence-corrected chi connectivity index (χ4v) is 2.66. The predicted molar refractivity (Wildman–Crippen MR) is 94.1 cm³/mol. The maximum atomic E-state index is 3.79. The highest BCUT2D eigenvalue weighted by atomic mass is 14.1. The molecule has 0 aromatic rings. The second-order valence-corrected chi connectivity index (χ2v) is 7.20. The molecule has 20 heavy (non-hydrogen) atoms. The summed E-state index contributed by atoms with van der Waals surface area (Å²) >= 11 is 0. The summed E-state index contributed by atoms with van der Waals surface area (Å²) in [6, 6.07) is 0. The Kier molecular flexibility index (Phi) is 11.9. The Balaban J connectivity index is 3.55. The molecule has 0 N–H and O–H groups in total. The van der Waals surface area contributed by atoms with Crippen LogP contribution in [0, 0.1) is 17.8 Å². The molecule has 0 saturated carbocycles. The molecule has 0 rings (SSSR count). The third kappa shape index (κ3) is 12.5. The van der Waals surface area contributed by atoms with E-state index in [4.69, 9.17) is 0 Å². The molecule has 0 fully saturated rings. The van der Waals surface area contributed by atoms with Gasteiger partial charge in [0.25, 0.3) is 0 Å². The smallest absolute Gasteiger partial charge is 0.0342 e. The van der Waals surface area contributed by atoms with Crippen molar-refractivity contribution in [1.82, 2.24) is 0 Å². The van der Waals surface area contributed by atoms with Gasteiger partial charge in [0.2, 0.25) is 0 Å². The third-order valence-electron chi connectivity index (χ3n) is 4.32. The third-order valence-corrected chi connectivity index (χ3v) is 4.32. The van der Waals surface area contributed by atoms with E-state index in [1.54, 1.807) is 0 Å². The SMILES string of the molecule is C=CC(C)=CCCC(C)CCCC(C)CCCC(C)C. The Labute approximate surface area is 128 Å². The predicted octanol–water partition coefficient (Wildman–Crippen LogP) is 7.17. The van der Waals surface area contributed by atoms with Gasteiger partial charge in [0.15, 0.2) is 0 Å². The van der Waals surface area contributed by atoms with Crippen LogP contribution in [-0.2, 0) is 0 Å². The standard InChI is InChI=1S/C20H38/c1-7-18(4)12-9-14-20(6)16-10-15-19(5)13-8-11-17(2)3/h7,12,17,19-20H,1,8-11,13-16H2,2-6H3. The summed E-state index contributed by atoms with van der Waals surface area (Å²) in [6.45, 7) is 15.4. The van der Waals surface area contributed by atoms with Crippen LogP contribution < -0.4 is 0 Å². The van der Waals surface area contributed by atoms with E-state index in [1.165, 1.54) is 56.9 Å². The van der Waals surface area contributed by atoms with Gasteiger partial charge in [-0.1, -0.05) is 90.5 Å². The van der Waals surface area contributed by atoms with Gasteiger partial charge in [0.05, 0.1) is 0 Å². The zero-order chi connectivity index (χ0) is 15.4. The molecule has 0 aromatic carbocycles. The molecule has 0 aliphatic heterocycles. The van der Waals surface area contributed by atoms with Crippen LogP contribution in [0.5, 0.6) is 0 Å². The van der Waals surface area contributed by atoms with E-state index in [9.17, 15) is 0 Å². The molecule has 2 atom stereocenters. The van der Waals surface area contributed by atoms with Crippen LogP contribution in [0.3, 0.4) is 0 Å². The van der Waals surface area contributed by atoms with Crippen molar-refractivity contribution in [1.29, 1.82) is 0 Å². The fraction of sp³-hybridized carbons (Fsp3) is 0.800. The van der Waals surface area contributed by atoms with Crippen molar-refractivity contribution in [3.05, 3.63) is 24.3 Å². The van der Waals surface area contributed by atoms with Crippen molar-refractivity contribution in [2.75, 3.05) is 0 Å². The highest BCUT2D eigenvalue weighted by Crippen LogP contribution is 2.21. The van der Waals surface area contributed by atoms with Gasteiger partial charge in [-0.2, -0.15) is 0 Å². The van der Waals surface area contributed by atoms with E-state index in [-0.39, 0.29) is 0 Å². The first-order chi connectivity index (χ1) is 9.45. The Bertz CT molecular complexity index is 259. The summed E-state index contributed by atoms with van der Waals surface area (Å²) in [5.74, 6) is 2.66. The fourth-order valence-electron chi connectivity index (χ4n) is 2.66. The van der Waals surface area contributed by atoms with Crippen LogP contribution in [0.4, 0.5) is 0 Å². The van der Waals surface area contributed by atoms with Crippen molar-refractivity contribution in [2.24, 2.45) is 17.8 Å². The van der Waals surface area contributed by atoms with Gasteiger partial charge in [-0.05, 0) is 37.5 Å². The monoisotopic (exact) mass is 278 g/mol. The molecule has 0 saturated heterocycles. The minimum absolute atomic E-state index is 0.867. The van der Waals surface area contributed by atoms with E-state index in [0.717, 1.165) is 17.8 Å². The van der Waals surface area contributed by atoms with Crippen molar-refractivity contribution >= 4 is 0 Å². The summed E-state index contributed by atoms with van der Waals surface area (Å²) < 4.78 is 0. The first kappa shape index (κ1) is 19.5. The quantitative estimate of drug-likeness (QED) is 0.332. The van der Waals surface area contributed by atoms with Crippen molar-refractivity contribution < 1.29 is 0 Å². The average Bonchev–Trinajstić information content (AvgIpc) is 2.38. The highest BCUT2D eigenvalue weighted by Gasteiger charge is 2.06. The van der Waals surface area contributed by atoms with Gasteiger partial charge in [0, 0.05) is 0 Å². The molecular weight excluding hydrogens is 240 g/mol. The van der Waals surface area contributed by atoms with E-state index in [1.807, 2.05) is 6.08 Å². The van der Waals surface area contributed by atoms with Crippen LogP contribution in [0.2, 0.25) is 0 Å². The molecule has 0 nitrogen and oxygen atoms in total. The maximum Gasteiger partial charge on any atom is -0.0342 e. The Morgan fingerprint density at radius 3 is 1.85 bits per heavy atom. The van der Waals surface area contributed by atoms with Gasteiger partial charge < -0.3 is 0 Å². The first-order valence-electron chi connectivity index (χ1n) is 8.74. The number of hydrogen-bond donors (Lipinski definition) is 0. The molecule has 2 unspecified atom stereocenters. The second-order valence-electron chi connectivity index (χ2n) is 7.20.